The van der Waals surface area contributed by atoms with Crippen LogP contribution >= 0.6 is 11.8 Å². The number of hydrogen-bond donors (Lipinski definition) is 3. The monoisotopic (exact) mass is 656 g/mol. The average molecular weight is 657 g/mol. The van der Waals surface area contributed by atoms with Gasteiger partial charge in [-0.25, -0.2) is 0 Å². The molecule has 242 valence electrons. The van der Waals surface area contributed by atoms with Crippen molar-refractivity contribution in [2.75, 3.05) is 37.7 Å². The second-order valence-electron chi connectivity index (χ2n) is 9.90. The van der Waals surface area contributed by atoms with Crippen LogP contribution in [0.5, 0.6) is 17.2 Å². The summed E-state index contributed by atoms with van der Waals surface area (Å²) in [4.78, 5) is 50.6. The Morgan fingerprint density at radius 3 is 2.19 bits per heavy atom. The van der Waals surface area contributed by atoms with Crippen LogP contribution in [-0.4, -0.2) is 49.7 Å². The van der Waals surface area contributed by atoms with Gasteiger partial charge in [0.05, 0.1) is 32.0 Å². The molecule has 4 aromatic rings. The maximum atomic E-state index is 13.6. The Morgan fingerprint density at radius 2 is 1.53 bits per heavy atom. The number of nitro benzene ring substituents is 1. The van der Waals surface area contributed by atoms with Crippen molar-refractivity contribution in [3.8, 4) is 17.2 Å². The lowest BCUT2D eigenvalue weighted by atomic mass is 10.1. The van der Waals surface area contributed by atoms with E-state index in [4.69, 9.17) is 14.2 Å². The molecule has 3 N–H and O–H groups in total. The molecule has 0 atom stereocenters. The summed E-state index contributed by atoms with van der Waals surface area (Å²) in [5.74, 6) is -0.172. The summed E-state index contributed by atoms with van der Waals surface area (Å²) < 4.78 is 16.3. The summed E-state index contributed by atoms with van der Waals surface area (Å²) >= 11 is 1.24. The predicted molar refractivity (Wildman–Crippen MR) is 180 cm³/mol. The van der Waals surface area contributed by atoms with Crippen molar-refractivity contribution in [2.24, 2.45) is 0 Å². The van der Waals surface area contributed by atoms with Crippen LogP contribution in [0.15, 0.2) is 95.5 Å². The Balaban J connectivity index is 1.53. The van der Waals surface area contributed by atoms with Gasteiger partial charge in [0.1, 0.15) is 11.4 Å². The highest BCUT2D eigenvalue weighted by Gasteiger charge is 2.18. The van der Waals surface area contributed by atoms with Crippen LogP contribution in [0.1, 0.15) is 21.5 Å². The lowest BCUT2D eigenvalue weighted by Gasteiger charge is -2.15. The van der Waals surface area contributed by atoms with Gasteiger partial charge in [-0.2, -0.15) is 0 Å². The highest BCUT2D eigenvalue weighted by molar-refractivity contribution is 8.00. The first kappa shape index (κ1) is 34.1. The van der Waals surface area contributed by atoms with E-state index in [1.807, 2.05) is 0 Å². The molecule has 3 amide bonds. The Bertz CT molecular complexity index is 1830. The number of carbonyl (C=O) groups excluding carboxylic acids is 3. The normalized spacial score (nSPS) is 10.9. The minimum absolute atomic E-state index is 0.0468. The molecule has 47 heavy (non-hydrogen) atoms. The van der Waals surface area contributed by atoms with Crippen LogP contribution in [0, 0.1) is 17.0 Å². The van der Waals surface area contributed by atoms with Crippen molar-refractivity contribution in [1.82, 2.24) is 5.32 Å². The molecule has 13 heteroatoms. The van der Waals surface area contributed by atoms with Crippen molar-refractivity contribution in [1.29, 1.82) is 0 Å². The molecule has 0 fully saturated rings. The predicted octanol–water partition coefficient (Wildman–Crippen LogP) is 6.07. The number of thioether (sulfide) groups is 1. The topological polar surface area (TPSA) is 158 Å². The second kappa shape index (κ2) is 16.0. The first-order chi connectivity index (χ1) is 22.6. The van der Waals surface area contributed by atoms with Crippen molar-refractivity contribution < 1.29 is 33.5 Å². The van der Waals surface area contributed by atoms with Crippen LogP contribution in [0.2, 0.25) is 0 Å². The molecule has 0 aliphatic rings. The van der Waals surface area contributed by atoms with Gasteiger partial charge in [-0.3, -0.25) is 24.5 Å². The number of rotatable bonds is 13. The number of methoxy groups -OCH3 is 3. The van der Waals surface area contributed by atoms with E-state index in [0.29, 0.717) is 50.2 Å². The fourth-order valence-corrected chi connectivity index (χ4v) is 5.12. The summed E-state index contributed by atoms with van der Waals surface area (Å²) in [5, 5.41) is 19.3. The summed E-state index contributed by atoms with van der Waals surface area (Å²) in [6.07, 6.45) is 1.47. The first-order valence-corrected chi connectivity index (χ1v) is 15.1. The summed E-state index contributed by atoms with van der Waals surface area (Å²) in [6, 6.07) is 22.8. The van der Waals surface area contributed by atoms with E-state index in [2.05, 4.69) is 16.0 Å². The lowest BCUT2D eigenvalue weighted by molar-refractivity contribution is -0.384. The number of amides is 3. The molecule has 0 aliphatic heterocycles. The summed E-state index contributed by atoms with van der Waals surface area (Å²) in [5.41, 5.74) is 2.13. The van der Waals surface area contributed by atoms with E-state index in [9.17, 15) is 24.5 Å². The van der Waals surface area contributed by atoms with Crippen molar-refractivity contribution >= 4 is 52.6 Å². The van der Waals surface area contributed by atoms with E-state index in [1.165, 1.54) is 57.4 Å². The zero-order valence-corrected chi connectivity index (χ0v) is 26.8. The maximum absolute atomic E-state index is 13.6. The zero-order valence-electron chi connectivity index (χ0n) is 26.0. The summed E-state index contributed by atoms with van der Waals surface area (Å²) in [6.45, 7) is 1.67. The van der Waals surface area contributed by atoms with Gasteiger partial charge in [0.15, 0.2) is 11.5 Å². The largest absolute Gasteiger partial charge is 0.496 e. The van der Waals surface area contributed by atoms with E-state index in [1.54, 1.807) is 73.7 Å². The van der Waals surface area contributed by atoms with Gasteiger partial charge in [0.25, 0.3) is 17.5 Å². The van der Waals surface area contributed by atoms with Gasteiger partial charge >= 0.3 is 0 Å². The minimum atomic E-state index is -0.611. The van der Waals surface area contributed by atoms with Crippen LogP contribution in [0.25, 0.3) is 6.08 Å². The van der Waals surface area contributed by atoms with Gasteiger partial charge in [-0.05, 0) is 61.0 Å². The van der Waals surface area contributed by atoms with Crippen LogP contribution in [0.4, 0.5) is 17.1 Å². The Morgan fingerprint density at radius 1 is 0.830 bits per heavy atom. The van der Waals surface area contributed by atoms with Gasteiger partial charge in [0, 0.05) is 45.6 Å². The molecular weight excluding hydrogens is 624 g/mol. The van der Waals surface area contributed by atoms with Gasteiger partial charge in [-0.15, -0.1) is 11.8 Å². The quantitative estimate of drug-likeness (QED) is 0.0672. The fraction of sp³-hybridized carbons (Fsp3) is 0.147. The molecule has 4 aromatic carbocycles. The summed E-state index contributed by atoms with van der Waals surface area (Å²) in [7, 11) is 4.44. The molecule has 0 saturated heterocycles. The number of ether oxygens (including phenoxy) is 3. The van der Waals surface area contributed by atoms with Crippen LogP contribution < -0.4 is 30.2 Å². The SMILES string of the molecule is COc1cc(OC)c(OC)cc1/C=C(/NC(=O)c1ccccc1)C(=O)Nc1cccc(SCC(=O)Nc2ccc([N+](=O)[O-])cc2C)c1. The number of carbonyl (C=O) groups is 3. The third-order valence-electron chi connectivity index (χ3n) is 6.72. The smallest absolute Gasteiger partial charge is 0.272 e. The average Bonchev–Trinajstić information content (AvgIpc) is 3.08. The highest BCUT2D eigenvalue weighted by atomic mass is 32.2. The third kappa shape index (κ3) is 9.11. The molecule has 0 unspecified atom stereocenters. The number of benzene rings is 4. The fourth-order valence-electron chi connectivity index (χ4n) is 4.36. The second-order valence-corrected chi connectivity index (χ2v) is 11.0. The molecule has 0 aliphatic carbocycles. The van der Waals surface area contributed by atoms with Crippen molar-refractivity contribution in [2.45, 2.75) is 11.8 Å². The molecule has 4 rings (SSSR count). The minimum Gasteiger partial charge on any atom is -0.496 e. The van der Waals surface area contributed by atoms with Crippen molar-refractivity contribution in [3.63, 3.8) is 0 Å². The van der Waals surface area contributed by atoms with Crippen LogP contribution in [0.3, 0.4) is 0 Å². The van der Waals surface area contributed by atoms with E-state index < -0.39 is 16.7 Å². The van der Waals surface area contributed by atoms with Crippen LogP contribution in [-0.2, 0) is 9.59 Å². The molecule has 0 spiro atoms. The Labute approximate surface area is 275 Å². The number of nitro groups is 1. The van der Waals surface area contributed by atoms with E-state index >= 15 is 0 Å². The number of non-ortho nitro benzene ring substituents is 1. The lowest BCUT2D eigenvalue weighted by Crippen LogP contribution is -2.30. The maximum Gasteiger partial charge on any atom is 0.272 e. The van der Waals surface area contributed by atoms with Gasteiger partial charge < -0.3 is 30.2 Å². The number of nitrogens with zero attached hydrogens (tertiary/aromatic N) is 1. The molecule has 0 aromatic heterocycles. The first-order valence-electron chi connectivity index (χ1n) is 14.1. The van der Waals surface area contributed by atoms with Gasteiger partial charge in [-0.1, -0.05) is 24.3 Å². The number of aryl methyl sites for hydroxylation is 1. The Hall–Kier alpha value is -5.82. The van der Waals surface area contributed by atoms with E-state index in [0.717, 1.165) is 0 Å². The van der Waals surface area contributed by atoms with Gasteiger partial charge in [0.2, 0.25) is 5.91 Å². The molecule has 0 radical (unpaired) electrons. The molecule has 0 saturated carbocycles. The number of hydrogen-bond acceptors (Lipinski definition) is 9. The molecule has 12 nitrogen and oxygen atoms in total. The molecule has 0 bridgehead atoms. The zero-order chi connectivity index (χ0) is 33.9. The molecular formula is C34H32N4O8S. The third-order valence-corrected chi connectivity index (χ3v) is 7.72. The molecule has 0 heterocycles. The standard InChI is InChI=1S/C34H32N4O8S/c1-21-15-25(38(42)43)13-14-27(21)36-32(39)20-47-26-12-8-11-24(18-26)35-34(41)28(37-33(40)22-9-6-5-7-10-22)16-23-17-30(45-3)31(46-4)19-29(23)44-2/h5-19H,20H2,1-4H3,(H,35,41)(H,36,39)(H,37,40)/b28-16+. The number of anilines is 2. The Kier molecular flexibility index (Phi) is 11.6. The highest BCUT2D eigenvalue weighted by Crippen LogP contribution is 2.36. The van der Waals surface area contributed by atoms with E-state index in [-0.39, 0.29) is 23.0 Å². The number of nitrogens with one attached hydrogen (secondary N) is 3. The van der Waals surface area contributed by atoms with Crippen molar-refractivity contribution in [3.05, 3.63) is 117 Å².